The van der Waals surface area contributed by atoms with Gasteiger partial charge in [-0.3, -0.25) is 0 Å². The van der Waals surface area contributed by atoms with Crippen LogP contribution < -0.4 is 5.32 Å². The van der Waals surface area contributed by atoms with E-state index >= 15 is 0 Å². The summed E-state index contributed by atoms with van der Waals surface area (Å²) in [5, 5.41) is 3.17. The zero-order chi connectivity index (χ0) is 13.3. The number of hydrogen-bond acceptors (Lipinski definition) is 2. The van der Waals surface area contributed by atoms with Crippen LogP contribution in [0.25, 0.3) is 11.4 Å². The minimum atomic E-state index is 0.841. The summed E-state index contributed by atoms with van der Waals surface area (Å²) in [6.07, 6.45) is 1.95. The first kappa shape index (κ1) is 12.8. The third-order valence-electron chi connectivity index (χ3n) is 3.34. The average molecular weight is 243 g/mol. The zero-order valence-corrected chi connectivity index (χ0v) is 11.8. The first-order valence-electron chi connectivity index (χ1n) is 6.28. The van der Waals surface area contributed by atoms with Gasteiger partial charge in [0, 0.05) is 19.2 Å². The molecule has 96 valence electrons. The molecule has 0 spiro atoms. The van der Waals surface area contributed by atoms with E-state index in [-0.39, 0.29) is 0 Å². The van der Waals surface area contributed by atoms with Crippen molar-refractivity contribution in [1.82, 2.24) is 14.9 Å². The van der Waals surface area contributed by atoms with Crippen molar-refractivity contribution in [1.29, 1.82) is 0 Å². The molecule has 0 amide bonds. The van der Waals surface area contributed by atoms with Gasteiger partial charge in [-0.15, -0.1) is 0 Å². The average Bonchev–Trinajstić information content (AvgIpc) is 2.61. The molecule has 0 saturated heterocycles. The molecule has 0 saturated carbocycles. The Labute approximate surface area is 109 Å². The Morgan fingerprint density at radius 2 is 1.78 bits per heavy atom. The van der Waals surface area contributed by atoms with Crippen LogP contribution in [0.5, 0.6) is 0 Å². The van der Waals surface area contributed by atoms with Gasteiger partial charge >= 0.3 is 0 Å². The fraction of sp³-hybridized carbons (Fsp3) is 0.400. The van der Waals surface area contributed by atoms with E-state index < -0.39 is 0 Å². The molecule has 0 radical (unpaired) electrons. The van der Waals surface area contributed by atoms with Gasteiger partial charge in [-0.25, -0.2) is 4.98 Å². The highest BCUT2D eigenvalue weighted by atomic mass is 15.1. The van der Waals surface area contributed by atoms with Gasteiger partial charge in [0.1, 0.15) is 5.82 Å². The van der Waals surface area contributed by atoms with Crippen molar-refractivity contribution in [2.45, 2.75) is 27.3 Å². The van der Waals surface area contributed by atoms with E-state index in [9.17, 15) is 0 Å². The van der Waals surface area contributed by atoms with E-state index in [0.29, 0.717) is 0 Å². The molecule has 0 aliphatic heterocycles. The summed E-state index contributed by atoms with van der Waals surface area (Å²) in [4.78, 5) is 4.58. The van der Waals surface area contributed by atoms with E-state index in [2.05, 4.69) is 54.8 Å². The van der Waals surface area contributed by atoms with Crippen molar-refractivity contribution in [3.8, 4) is 11.4 Å². The van der Waals surface area contributed by atoms with Gasteiger partial charge in [-0.1, -0.05) is 17.7 Å². The van der Waals surface area contributed by atoms with Crippen molar-refractivity contribution < 1.29 is 0 Å². The van der Waals surface area contributed by atoms with Crippen LogP contribution in [0.1, 0.15) is 22.4 Å². The predicted molar refractivity (Wildman–Crippen MR) is 75.6 cm³/mol. The maximum Gasteiger partial charge on any atom is 0.140 e. The van der Waals surface area contributed by atoms with E-state index in [1.807, 2.05) is 13.2 Å². The maximum atomic E-state index is 4.58. The lowest BCUT2D eigenvalue weighted by Gasteiger charge is -2.12. The Balaban J connectivity index is 2.56. The van der Waals surface area contributed by atoms with Gasteiger partial charge in [-0.05, 0) is 38.9 Å². The zero-order valence-electron chi connectivity index (χ0n) is 11.8. The third-order valence-corrected chi connectivity index (χ3v) is 3.34. The summed E-state index contributed by atoms with van der Waals surface area (Å²) >= 11 is 0. The predicted octanol–water partition coefficient (Wildman–Crippen LogP) is 2.73. The molecule has 0 fully saturated rings. The van der Waals surface area contributed by atoms with E-state index in [1.54, 1.807) is 0 Å². The van der Waals surface area contributed by atoms with Crippen LogP contribution >= 0.6 is 0 Å². The Kier molecular flexibility index (Phi) is 3.53. The topological polar surface area (TPSA) is 29.9 Å². The van der Waals surface area contributed by atoms with E-state index in [4.69, 9.17) is 0 Å². The molecule has 3 nitrogen and oxygen atoms in total. The Morgan fingerprint density at radius 3 is 2.33 bits per heavy atom. The molecule has 3 heteroatoms. The van der Waals surface area contributed by atoms with Gasteiger partial charge in [0.25, 0.3) is 0 Å². The van der Waals surface area contributed by atoms with Gasteiger partial charge < -0.3 is 9.88 Å². The van der Waals surface area contributed by atoms with Crippen LogP contribution in [0, 0.1) is 20.8 Å². The first-order valence-corrected chi connectivity index (χ1v) is 6.28. The van der Waals surface area contributed by atoms with Crippen LogP contribution in [0.4, 0.5) is 0 Å². The quantitative estimate of drug-likeness (QED) is 0.898. The van der Waals surface area contributed by atoms with Crippen LogP contribution in [-0.4, -0.2) is 16.6 Å². The minimum Gasteiger partial charge on any atom is -0.330 e. The number of nitrogens with one attached hydrogen (secondary N) is 1. The van der Waals surface area contributed by atoms with E-state index in [0.717, 1.165) is 12.4 Å². The molecule has 0 unspecified atom stereocenters. The smallest absolute Gasteiger partial charge is 0.140 e. The molecule has 2 aromatic rings. The lowest BCUT2D eigenvalue weighted by atomic mass is 9.99. The SMILES string of the molecule is CNCc1cnc(-c2c(C)cc(C)cc2C)n1C. The molecule has 0 aliphatic rings. The molecule has 0 atom stereocenters. The van der Waals surface area contributed by atoms with Gasteiger partial charge in [0.05, 0.1) is 11.9 Å². The van der Waals surface area contributed by atoms with Crippen molar-refractivity contribution >= 4 is 0 Å². The van der Waals surface area contributed by atoms with Gasteiger partial charge in [0.15, 0.2) is 0 Å². The normalized spacial score (nSPS) is 10.9. The van der Waals surface area contributed by atoms with Crippen molar-refractivity contribution in [2.24, 2.45) is 7.05 Å². The van der Waals surface area contributed by atoms with Crippen molar-refractivity contribution in [2.75, 3.05) is 7.05 Å². The highest BCUT2D eigenvalue weighted by Crippen LogP contribution is 2.27. The second-order valence-corrected chi connectivity index (χ2v) is 4.94. The molecule has 0 aliphatic carbocycles. The van der Waals surface area contributed by atoms with Crippen molar-refractivity contribution in [3.63, 3.8) is 0 Å². The van der Waals surface area contributed by atoms with Crippen LogP contribution in [0.2, 0.25) is 0 Å². The number of nitrogens with zero attached hydrogens (tertiary/aromatic N) is 2. The van der Waals surface area contributed by atoms with E-state index in [1.165, 1.54) is 27.9 Å². The monoisotopic (exact) mass is 243 g/mol. The number of aryl methyl sites for hydroxylation is 3. The number of benzene rings is 1. The lowest BCUT2D eigenvalue weighted by molar-refractivity contribution is 0.737. The van der Waals surface area contributed by atoms with Crippen LogP contribution in [0.3, 0.4) is 0 Å². The Hall–Kier alpha value is -1.61. The van der Waals surface area contributed by atoms with Crippen LogP contribution in [0.15, 0.2) is 18.3 Å². The summed E-state index contributed by atoms with van der Waals surface area (Å²) in [6.45, 7) is 7.28. The summed E-state index contributed by atoms with van der Waals surface area (Å²) in [5.74, 6) is 1.05. The largest absolute Gasteiger partial charge is 0.330 e. The lowest BCUT2D eigenvalue weighted by Crippen LogP contribution is -2.09. The highest BCUT2D eigenvalue weighted by Gasteiger charge is 2.13. The van der Waals surface area contributed by atoms with Gasteiger partial charge in [0.2, 0.25) is 0 Å². The summed E-state index contributed by atoms with van der Waals surface area (Å²) in [7, 11) is 4.03. The molecular formula is C15H21N3. The second kappa shape index (κ2) is 4.94. The minimum absolute atomic E-state index is 0.841. The fourth-order valence-electron chi connectivity index (χ4n) is 2.56. The summed E-state index contributed by atoms with van der Waals surface area (Å²) < 4.78 is 2.17. The first-order chi connectivity index (χ1) is 8.54. The number of aromatic nitrogens is 2. The maximum absolute atomic E-state index is 4.58. The molecule has 2 rings (SSSR count). The Morgan fingerprint density at radius 1 is 1.17 bits per heavy atom. The standard InChI is InChI=1S/C15H21N3/c1-10-6-11(2)14(12(3)7-10)15-17-9-13(8-16-4)18(15)5/h6-7,9,16H,8H2,1-5H3. The molecule has 1 aromatic heterocycles. The second-order valence-electron chi connectivity index (χ2n) is 4.94. The Bertz CT molecular complexity index is 544. The summed E-state index contributed by atoms with van der Waals surface area (Å²) in [5.41, 5.74) is 6.34. The van der Waals surface area contributed by atoms with Gasteiger partial charge in [-0.2, -0.15) is 0 Å². The molecule has 1 N–H and O–H groups in total. The molecule has 1 heterocycles. The van der Waals surface area contributed by atoms with Crippen molar-refractivity contribution in [3.05, 3.63) is 40.7 Å². The number of rotatable bonds is 3. The molecule has 0 bridgehead atoms. The molecule has 1 aromatic carbocycles. The highest BCUT2D eigenvalue weighted by molar-refractivity contribution is 5.66. The number of hydrogen-bond donors (Lipinski definition) is 1. The third kappa shape index (κ3) is 2.18. The fourth-order valence-corrected chi connectivity index (χ4v) is 2.56. The van der Waals surface area contributed by atoms with Crippen LogP contribution in [-0.2, 0) is 13.6 Å². The summed E-state index contributed by atoms with van der Waals surface area (Å²) in [6, 6.07) is 4.43. The molecular weight excluding hydrogens is 222 g/mol. The number of imidazole rings is 1. The molecule has 18 heavy (non-hydrogen) atoms.